The SMILES string of the molecule is CC(C)CN(C(=O)Cc1cccc(O)c1)C(C)C. The maximum atomic E-state index is 12.2. The fraction of sp³-hybridized carbons (Fsp3) is 0.533. The molecule has 1 rings (SSSR count). The van der Waals surface area contributed by atoms with E-state index in [-0.39, 0.29) is 17.7 Å². The Hall–Kier alpha value is -1.51. The van der Waals surface area contributed by atoms with Gasteiger partial charge in [-0.3, -0.25) is 4.79 Å². The molecule has 18 heavy (non-hydrogen) atoms. The molecule has 0 bridgehead atoms. The molecule has 0 aliphatic heterocycles. The van der Waals surface area contributed by atoms with E-state index in [1.54, 1.807) is 18.2 Å². The molecule has 0 heterocycles. The van der Waals surface area contributed by atoms with Crippen molar-refractivity contribution < 1.29 is 9.90 Å². The van der Waals surface area contributed by atoms with E-state index in [1.165, 1.54) is 0 Å². The number of benzene rings is 1. The number of nitrogens with zero attached hydrogens (tertiary/aromatic N) is 1. The molecule has 1 aromatic carbocycles. The molecular weight excluding hydrogens is 226 g/mol. The third-order valence-electron chi connectivity index (χ3n) is 2.77. The van der Waals surface area contributed by atoms with Crippen LogP contribution in [0.15, 0.2) is 24.3 Å². The van der Waals surface area contributed by atoms with E-state index in [1.807, 2.05) is 24.8 Å². The normalized spacial score (nSPS) is 11.0. The lowest BCUT2D eigenvalue weighted by molar-refractivity contribution is -0.132. The minimum absolute atomic E-state index is 0.115. The summed E-state index contributed by atoms with van der Waals surface area (Å²) in [4.78, 5) is 14.1. The van der Waals surface area contributed by atoms with E-state index in [2.05, 4.69) is 13.8 Å². The Morgan fingerprint density at radius 1 is 1.28 bits per heavy atom. The first-order valence-corrected chi connectivity index (χ1v) is 6.47. The molecule has 3 nitrogen and oxygen atoms in total. The number of amides is 1. The van der Waals surface area contributed by atoms with Crippen molar-refractivity contribution in [1.82, 2.24) is 4.90 Å². The van der Waals surface area contributed by atoms with Crippen LogP contribution in [0.5, 0.6) is 5.75 Å². The largest absolute Gasteiger partial charge is 0.508 e. The summed E-state index contributed by atoms with van der Waals surface area (Å²) in [6.45, 7) is 9.05. The molecule has 1 amide bonds. The summed E-state index contributed by atoms with van der Waals surface area (Å²) in [5.41, 5.74) is 0.856. The van der Waals surface area contributed by atoms with E-state index in [4.69, 9.17) is 0 Å². The standard InChI is InChI=1S/C15H23NO2/c1-11(2)10-16(12(3)4)15(18)9-13-6-5-7-14(17)8-13/h5-8,11-12,17H,9-10H2,1-4H3. The van der Waals surface area contributed by atoms with Gasteiger partial charge in [-0.2, -0.15) is 0 Å². The summed E-state index contributed by atoms with van der Waals surface area (Å²) < 4.78 is 0. The van der Waals surface area contributed by atoms with Gasteiger partial charge in [0.05, 0.1) is 6.42 Å². The third-order valence-corrected chi connectivity index (χ3v) is 2.77. The van der Waals surface area contributed by atoms with Crippen molar-refractivity contribution in [2.45, 2.75) is 40.2 Å². The zero-order valence-corrected chi connectivity index (χ0v) is 11.7. The number of hydrogen-bond donors (Lipinski definition) is 1. The number of hydrogen-bond acceptors (Lipinski definition) is 2. The number of carbonyl (C=O) groups is 1. The molecule has 0 spiro atoms. The summed E-state index contributed by atoms with van der Waals surface area (Å²) in [6.07, 6.45) is 0.347. The first kappa shape index (κ1) is 14.6. The molecule has 0 unspecified atom stereocenters. The third kappa shape index (κ3) is 4.40. The van der Waals surface area contributed by atoms with Crippen LogP contribution in [-0.2, 0) is 11.2 Å². The van der Waals surface area contributed by atoms with Crippen molar-refractivity contribution in [3.8, 4) is 5.75 Å². The average molecular weight is 249 g/mol. The highest BCUT2D eigenvalue weighted by Crippen LogP contribution is 2.14. The highest BCUT2D eigenvalue weighted by molar-refractivity contribution is 5.79. The van der Waals surface area contributed by atoms with Crippen LogP contribution in [0.25, 0.3) is 0 Å². The molecule has 0 aliphatic rings. The summed E-state index contributed by atoms with van der Waals surface area (Å²) in [5, 5.41) is 9.39. The van der Waals surface area contributed by atoms with Crippen LogP contribution < -0.4 is 0 Å². The van der Waals surface area contributed by atoms with Gasteiger partial charge in [-0.15, -0.1) is 0 Å². The summed E-state index contributed by atoms with van der Waals surface area (Å²) in [6, 6.07) is 7.09. The lowest BCUT2D eigenvalue weighted by Gasteiger charge is -2.28. The molecule has 0 saturated heterocycles. The maximum Gasteiger partial charge on any atom is 0.227 e. The van der Waals surface area contributed by atoms with E-state index in [9.17, 15) is 9.90 Å². The number of phenolic OH excluding ortho intramolecular Hbond substituents is 1. The van der Waals surface area contributed by atoms with Gasteiger partial charge >= 0.3 is 0 Å². The van der Waals surface area contributed by atoms with Gasteiger partial charge in [0.1, 0.15) is 5.75 Å². The van der Waals surface area contributed by atoms with Gasteiger partial charge in [0.15, 0.2) is 0 Å². The van der Waals surface area contributed by atoms with Crippen LogP contribution >= 0.6 is 0 Å². The molecule has 0 aliphatic carbocycles. The Balaban J connectivity index is 2.72. The molecule has 0 atom stereocenters. The smallest absolute Gasteiger partial charge is 0.227 e. The van der Waals surface area contributed by atoms with E-state index in [0.717, 1.165) is 12.1 Å². The minimum atomic E-state index is 0.115. The van der Waals surface area contributed by atoms with E-state index < -0.39 is 0 Å². The fourth-order valence-corrected chi connectivity index (χ4v) is 1.94. The Kier molecular flexibility index (Phi) is 5.20. The van der Waals surface area contributed by atoms with Gasteiger partial charge in [-0.25, -0.2) is 0 Å². The van der Waals surface area contributed by atoms with Crippen LogP contribution in [0.3, 0.4) is 0 Å². The van der Waals surface area contributed by atoms with E-state index >= 15 is 0 Å². The van der Waals surface area contributed by atoms with Crippen LogP contribution in [0.4, 0.5) is 0 Å². The van der Waals surface area contributed by atoms with Gasteiger partial charge in [0.2, 0.25) is 5.91 Å². The molecule has 0 saturated carbocycles. The van der Waals surface area contributed by atoms with Gasteiger partial charge in [0.25, 0.3) is 0 Å². The zero-order chi connectivity index (χ0) is 13.7. The quantitative estimate of drug-likeness (QED) is 0.871. The Morgan fingerprint density at radius 2 is 1.94 bits per heavy atom. The first-order chi connectivity index (χ1) is 8.40. The lowest BCUT2D eigenvalue weighted by Crippen LogP contribution is -2.40. The van der Waals surface area contributed by atoms with Crippen molar-refractivity contribution in [3.63, 3.8) is 0 Å². The molecule has 0 radical (unpaired) electrons. The topological polar surface area (TPSA) is 40.5 Å². The highest BCUT2D eigenvalue weighted by Gasteiger charge is 2.18. The summed E-state index contributed by atoms with van der Waals surface area (Å²) in [5.74, 6) is 0.782. The van der Waals surface area contributed by atoms with Crippen molar-refractivity contribution in [2.75, 3.05) is 6.54 Å². The predicted molar refractivity (Wildman–Crippen MR) is 73.5 cm³/mol. The minimum Gasteiger partial charge on any atom is -0.508 e. The summed E-state index contributed by atoms with van der Waals surface area (Å²) >= 11 is 0. The molecule has 0 aromatic heterocycles. The van der Waals surface area contributed by atoms with Crippen LogP contribution in [0.2, 0.25) is 0 Å². The fourth-order valence-electron chi connectivity index (χ4n) is 1.94. The molecule has 100 valence electrons. The number of carbonyl (C=O) groups excluding carboxylic acids is 1. The molecular formula is C15H23NO2. The molecule has 0 fully saturated rings. The van der Waals surface area contributed by atoms with Crippen molar-refractivity contribution in [2.24, 2.45) is 5.92 Å². The van der Waals surface area contributed by atoms with E-state index in [0.29, 0.717) is 12.3 Å². The second-order valence-electron chi connectivity index (χ2n) is 5.38. The average Bonchev–Trinajstić information content (AvgIpc) is 2.25. The number of phenols is 1. The van der Waals surface area contributed by atoms with Crippen LogP contribution in [-0.4, -0.2) is 28.5 Å². The van der Waals surface area contributed by atoms with Gasteiger partial charge < -0.3 is 10.0 Å². The first-order valence-electron chi connectivity index (χ1n) is 6.47. The Bertz CT molecular complexity index is 399. The second kappa shape index (κ2) is 6.43. The second-order valence-corrected chi connectivity index (χ2v) is 5.38. The van der Waals surface area contributed by atoms with Crippen molar-refractivity contribution in [3.05, 3.63) is 29.8 Å². The number of aromatic hydroxyl groups is 1. The van der Waals surface area contributed by atoms with Gasteiger partial charge in [0, 0.05) is 12.6 Å². The summed E-state index contributed by atoms with van der Waals surface area (Å²) in [7, 11) is 0. The molecule has 1 N–H and O–H groups in total. The predicted octanol–water partition coefficient (Wildman–Crippen LogP) is 2.83. The monoisotopic (exact) mass is 249 g/mol. The van der Waals surface area contributed by atoms with Crippen molar-refractivity contribution >= 4 is 5.91 Å². The van der Waals surface area contributed by atoms with Crippen LogP contribution in [0, 0.1) is 5.92 Å². The lowest BCUT2D eigenvalue weighted by atomic mass is 10.1. The maximum absolute atomic E-state index is 12.2. The number of rotatable bonds is 5. The Labute approximate surface area is 109 Å². The van der Waals surface area contributed by atoms with Crippen molar-refractivity contribution in [1.29, 1.82) is 0 Å². The Morgan fingerprint density at radius 3 is 2.44 bits per heavy atom. The zero-order valence-electron chi connectivity index (χ0n) is 11.7. The highest BCUT2D eigenvalue weighted by atomic mass is 16.3. The van der Waals surface area contributed by atoms with Gasteiger partial charge in [-0.1, -0.05) is 26.0 Å². The molecule has 1 aromatic rings. The molecule has 3 heteroatoms. The van der Waals surface area contributed by atoms with Crippen LogP contribution in [0.1, 0.15) is 33.3 Å². The van der Waals surface area contributed by atoms with Gasteiger partial charge in [-0.05, 0) is 37.5 Å².